The Morgan fingerprint density at radius 2 is 1.86 bits per heavy atom. The molecule has 0 bridgehead atoms. The minimum Gasteiger partial charge on any atom is -0.493 e. The zero-order valence-corrected chi connectivity index (χ0v) is 11.9. The van der Waals surface area contributed by atoms with Gasteiger partial charge in [0.1, 0.15) is 5.75 Å². The molecule has 5 heteroatoms. The summed E-state index contributed by atoms with van der Waals surface area (Å²) in [5.74, 6) is 0.111. The van der Waals surface area contributed by atoms with Crippen molar-refractivity contribution in [3.8, 4) is 11.8 Å². The second kappa shape index (κ2) is 6.52. The molecule has 0 aliphatic rings. The number of ether oxygens (including phenoxy) is 1. The van der Waals surface area contributed by atoms with E-state index in [-0.39, 0.29) is 12.4 Å². The topological polar surface area (TPSA) is 33.0 Å². The van der Waals surface area contributed by atoms with Gasteiger partial charge in [-0.25, -0.2) is 0 Å². The molecule has 0 saturated carbocycles. The molecule has 0 saturated heterocycles. The average molecular weight is 305 g/mol. The molecule has 2 nitrogen and oxygen atoms in total. The Bertz CT molecular complexity index is 702. The number of aryl methyl sites for hydroxylation is 1. The number of alkyl halides is 3. The van der Waals surface area contributed by atoms with Gasteiger partial charge in [-0.2, -0.15) is 18.4 Å². The van der Waals surface area contributed by atoms with Crippen molar-refractivity contribution in [1.29, 1.82) is 5.26 Å². The highest BCUT2D eigenvalue weighted by Gasteiger charge is 2.34. The standard InChI is InChI=1S/C17H14F3NO/c1-12-4-2-3-5-13(12)8-9-22-15-7-6-14(11-21)16(10-15)17(18,19)20/h2-7,10H,8-9H2,1H3. The van der Waals surface area contributed by atoms with E-state index in [1.165, 1.54) is 6.07 Å². The van der Waals surface area contributed by atoms with Crippen LogP contribution < -0.4 is 4.74 Å². The SMILES string of the molecule is Cc1ccccc1CCOc1ccc(C#N)c(C(F)(F)F)c1. The first-order chi connectivity index (χ1) is 10.4. The number of nitriles is 1. The van der Waals surface area contributed by atoms with E-state index in [1.807, 2.05) is 31.2 Å². The molecule has 2 aromatic carbocycles. The molecule has 0 heterocycles. The molecular formula is C17H14F3NO. The Morgan fingerprint density at radius 1 is 1.14 bits per heavy atom. The van der Waals surface area contributed by atoms with Crippen molar-refractivity contribution in [2.45, 2.75) is 19.5 Å². The van der Waals surface area contributed by atoms with Crippen molar-refractivity contribution in [1.82, 2.24) is 0 Å². The first kappa shape index (κ1) is 15.9. The van der Waals surface area contributed by atoms with Crippen LogP contribution in [0.4, 0.5) is 13.2 Å². The fourth-order valence-corrected chi connectivity index (χ4v) is 2.11. The molecule has 0 aliphatic heterocycles. The summed E-state index contributed by atoms with van der Waals surface area (Å²) in [7, 11) is 0. The van der Waals surface area contributed by atoms with E-state index in [0.717, 1.165) is 23.3 Å². The summed E-state index contributed by atoms with van der Waals surface area (Å²) in [5.41, 5.74) is 0.830. The molecule has 0 N–H and O–H groups in total. The minimum atomic E-state index is -4.57. The van der Waals surface area contributed by atoms with E-state index >= 15 is 0 Å². The summed E-state index contributed by atoms with van der Waals surface area (Å²) in [4.78, 5) is 0. The third-order valence-electron chi connectivity index (χ3n) is 3.32. The first-order valence-corrected chi connectivity index (χ1v) is 6.70. The van der Waals surface area contributed by atoms with Gasteiger partial charge in [-0.1, -0.05) is 24.3 Å². The van der Waals surface area contributed by atoms with Crippen LogP contribution in [0, 0.1) is 18.3 Å². The van der Waals surface area contributed by atoms with Crippen molar-refractivity contribution in [3.05, 3.63) is 64.7 Å². The third kappa shape index (κ3) is 3.79. The summed E-state index contributed by atoms with van der Waals surface area (Å²) in [5, 5.41) is 8.74. The monoisotopic (exact) mass is 305 g/mol. The highest BCUT2D eigenvalue weighted by molar-refractivity contribution is 5.44. The lowest BCUT2D eigenvalue weighted by atomic mass is 10.1. The van der Waals surface area contributed by atoms with E-state index in [4.69, 9.17) is 10.00 Å². The normalized spacial score (nSPS) is 11.0. The van der Waals surface area contributed by atoms with Gasteiger partial charge in [0, 0.05) is 6.42 Å². The first-order valence-electron chi connectivity index (χ1n) is 6.70. The molecule has 0 aliphatic carbocycles. The van der Waals surface area contributed by atoms with Gasteiger partial charge in [-0.05, 0) is 36.2 Å². The van der Waals surface area contributed by atoms with Gasteiger partial charge in [0.15, 0.2) is 0 Å². The molecule has 0 aromatic heterocycles. The number of rotatable bonds is 4. The summed E-state index contributed by atoms with van der Waals surface area (Å²) in [6, 6.07) is 12.7. The van der Waals surface area contributed by atoms with Gasteiger partial charge in [0.05, 0.1) is 23.8 Å². The lowest BCUT2D eigenvalue weighted by molar-refractivity contribution is -0.137. The molecule has 2 aromatic rings. The maximum atomic E-state index is 12.8. The highest BCUT2D eigenvalue weighted by atomic mass is 19.4. The molecule has 22 heavy (non-hydrogen) atoms. The predicted octanol–water partition coefficient (Wildman–Crippen LogP) is 4.51. The van der Waals surface area contributed by atoms with Crippen molar-refractivity contribution < 1.29 is 17.9 Å². The quantitative estimate of drug-likeness (QED) is 0.832. The number of nitrogens with zero attached hydrogens (tertiary/aromatic N) is 1. The molecule has 2 rings (SSSR count). The number of benzene rings is 2. The van der Waals surface area contributed by atoms with Gasteiger partial charge in [-0.3, -0.25) is 0 Å². The molecule has 114 valence electrons. The van der Waals surface area contributed by atoms with Crippen LogP contribution in [0.3, 0.4) is 0 Å². The number of hydrogen-bond acceptors (Lipinski definition) is 2. The average Bonchev–Trinajstić information content (AvgIpc) is 2.48. The molecule has 0 spiro atoms. The van der Waals surface area contributed by atoms with Crippen LogP contribution in [0.15, 0.2) is 42.5 Å². The molecular weight excluding hydrogens is 291 g/mol. The predicted molar refractivity (Wildman–Crippen MR) is 76.5 cm³/mol. The summed E-state index contributed by atoms with van der Waals surface area (Å²) in [6.07, 6.45) is -3.96. The van der Waals surface area contributed by atoms with Crippen LogP contribution in [0.1, 0.15) is 22.3 Å². The van der Waals surface area contributed by atoms with E-state index in [9.17, 15) is 13.2 Å². The van der Waals surface area contributed by atoms with E-state index in [1.54, 1.807) is 6.07 Å². The maximum absolute atomic E-state index is 12.8. The number of hydrogen-bond donors (Lipinski definition) is 0. The summed E-state index contributed by atoms with van der Waals surface area (Å²) >= 11 is 0. The fourth-order valence-electron chi connectivity index (χ4n) is 2.11. The second-order valence-electron chi connectivity index (χ2n) is 4.84. The zero-order chi connectivity index (χ0) is 16.2. The molecule has 0 atom stereocenters. The largest absolute Gasteiger partial charge is 0.493 e. The van der Waals surface area contributed by atoms with Crippen LogP contribution in [-0.4, -0.2) is 6.61 Å². The lowest BCUT2D eigenvalue weighted by Crippen LogP contribution is -2.09. The molecule has 0 fully saturated rings. The van der Waals surface area contributed by atoms with Crippen LogP contribution in [0.5, 0.6) is 5.75 Å². The molecule has 0 unspecified atom stereocenters. The summed E-state index contributed by atoms with van der Waals surface area (Å²) < 4.78 is 43.9. The Labute approximate surface area is 126 Å². The van der Waals surface area contributed by atoms with Gasteiger partial charge in [0.25, 0.3) is 0 Å². The molecule has 0 amide bonds. The van der Waals surface area contributed by atoms with Gasteiger partial charge in [-0.15, -0.1) is 0 Å². The van der Waals surface area contributed by atoms with Crippen LogP contribution in [0.2, 0.25) is 0 Å². The Hall–Kier alpha value is -2.48. The Morgan fingerprint density at radius 3 is 2.50 bits per heavy atom. The van der Waals surface area contributed by atoms with E-state index in [0.29, 0.717) is 6.42 Å². The Kier molecular flexibility index (Phi) is 4.71. The van der Waals surface area contributed by atoms with Crippen molar-refractivity contribution in [3.63, 3.8) is 0 Å². The number of halogens is 3. The second-order valence-corrected chi connectivity index (χ2v) is 4.84. The van der Waals surface area contributed by atoms with Crippen molar-refractivity contribution >= 4 is 0 Å². The van der Waals surface area contributed by atoms with Crippen molar-refractivity contribution in [2.24, 2.45) is 0 Å². The van der Waals surface area contributed by atoms with Crippen molar-refractivity contribution in [2.75, 3.05) is 6.61 Å². The fraction of sp³-hybridized carbons (Fsp3) is 0.235. The highest BCUT2D eigenvalue weighted by Crippen LogP contribution is 2.34. The molecule has 0 radical (unpaired) electrons. The van der Waals surface area contributed by atoms with Gasteiger partial charge < -0.3 is 4.74 Å². The van der Waals surface area contributed by atoms with Crippen LogP contribution in [-0.2, 0) is 12.6 Å². The van der Waals surface area contributed by atoms with Crippen LogP contribution in [0.25, 0.3) is 0 Å². The minimum absolute atomic E-state index is 0.111. The van der Waals surface area contributed by atoms with Gasteiger partial charge >= 0.3 is 6.18 Å². The van der Waals surface area contributed by atoms with E-state index in [2.05, 4.69) is 0 Å². The zero-order valence-electron chi connectivity index (χ0n) is 11.9. The maximum Gasteiger partial charge on any atom is 0.417 e. The Balaban J connectivity index is 2.08. The van der Waals surface area contributed by atoms with E-state index < -0.39 is 17.3 Å². The lowest BCUT2D eigenvalue weighted by Gasteiger charge is -2.12. The van der Waals surface area contributed by atoms with Crippen LogP contribution >= 0.6 is 0 Å². The summed E-state index contributed by atoms with van der Waals surface area (Å²) in [6.45, 7) is 2.24. The third-order valence-corrected chi connectivity index (χ3v) is 3.32. The van der Waals surface area contributed by atoms with Gasteiger partial charge in [0.2, 0.25) is 0 Å². The smallest absolute Gasteiger partial charge is 0.417 e.